The lowest BCUT2D eigenvalue weighted by atomic mass is 10.1. The Morgan fingerprint density at radius 1 is 0.920 bits per heavy atom. The Morgan fingerprint density at radius 3 is 2.72 bits per heavy atom. The number of fused-ring (bicyclic) bond motifs is 1. The molecule has 1 N–H and O–H groups in total. The zero-order valence-electron chi connectivity index (χ0n) is 13.6. The Morgan fingerprint density at radius 2 is 1.88 bits per heavy atom. The molecule has 0 saturated heterocycles. The van der Waals surface area contributed by atoms with Crippen LogP contribution in [0.4, 0.5) is 4.39 Å². The lowest BCUT2D eigenvalue weighted by Crippen LogP contribution is -1.98. The summed E-state index contributed by atoms with van der Waals surface area (Å²) in [6, 6.07) is 9.83. The highest BCUT2D eigenvalue weighted by atomic mass is 19.1. The van der Waals surface area contributed by atoms with Gasteiger partial charge in [-0.05, 0) is 53.8 Å². The van der Waals surface area contributed by atoms with Crippen molar-refractivity contribution >= 4 is 11.0 Å². The number of rotatable bonds is 5. The molecule has 4 aromatic heterocycles. The molecule has 25 heavy (non-hydrogen) atoms. The first-order valence-electron chi connectivity index (χ1n) is 8.23. The monoisotopic (exact) mass is 332 g/mol. The number of hydrogen-bond donors (Lipinski definition) is 1. The van der Waals surface area contributed by atoms with Gasteiger partial charge >= 0.3 is 0 Å². The topological polar surface area (TPSA) is 54.5 Å². The first kappa shape index (κ1) is 15.4. The second kappa shape index (κ2) is 6.81. The molecule has 0 radical (unpaired) electrons. The van der Waals surface area contributed by atoms with E-state index in [1.54, 1.807) is 18.5 Å². The summed E-state index contributed by atoms with van der Waals surface area (Å²) < 4.78 is 13.6. The molecule has 0 aliphatic heterocycles. The molecule has 0 unspecified atom stereocenters. The van der Waals surface area contributed by atoms with Crippen molar-refractivity contribution in [1.82, 2.24) is 19.9 Å². The lowest BCUT2D eigenvalue weighted by molar-refractivity contribution is 0.601. The number of pyridine rings is 3. The molecule has 0 saturated carbocycles. The van der Waals surface area contributed by atoms with E-state index in [-0.39, 0.29) is 5.82 Å². The second-order valence-corrected chi connectivity index (χ2v) is 6.02. The van der Waals surface area contributed by atoms with E-state index in [0.29, 0.717) is 18.4 Å². The Balaban J connectivity index is 1.44. The fraction of sp³-hybridized carbons (Fsp3) is 0.150. The van der Waals surface area contributed by atoms with Crippen LogP contribution in [0.15, 0.2) is 61.3 Å². The molecular formula is C20H17FN4. The third kappa shape index (κ3) is 3.40. The van der Waals surface area contributed by atoms with Crippen LogP contribution in [0, 0.1) is 5.82 Å². The first-order chi connectivity index (χ1) is 12.3. The predicted molar refractivity (Wildman–Crippen MR) is 94.7 cm³/mol. The molecule has 0 aliphatic carbocycles. The number of halogens is 1. The predicted octanol–water partition coefficient (Wildman–Crippen LogP) is 3.87. The summed E-state index contributed by atoms with van der Waals surface area (Å²) in [6.07, 6.45) is 10.7. The van der Waals surface area contributed by atoms with E-state index in [9.17, 15) is 4.39 Å². The van der Waals surface area contributed by atoms with Gasteiger partial charge in [0.1, 0.15) is 11.5 Å². The fourth-order valence-electron chi connectivity index (χ4n) is 2.96. The quantitative estimate of drug-likeness (QED) is 0.603. The van der Waals surface area contributed by atoms with Crippen molar-refractivity contribution in [3.8, 4) is 0 Å². The van der Waals surface area contributed by atoms with Gasteiger partial charge in [-0.2, -0.15) is 0 Å². The molecule has 124 valence electrons. The van der Waals surface area contributed by atoms with Gasteiger partial charge in [-0.15, -0.1) is 0 Å². The van der Waals surface area contributed by atoms with Gasteiger partial charge < -0.3 is 4.98 Å². The summed E-state index contributed by atoms with van der Waals surface area (Å²) in [7, 11) is 0. The van der Waals surface area contributed by atoms with Gasteiger partial charge in [0.15, 0.2) is 0 Å². The molecule has 4 aromatic rings. The number of nitrogens with zero attached hydrogens (tertiary/aromatic N) is 3. The van der Waals surface area contributed by atoms with E-state index in [1.807, 2.05) is 24.5 Å². The minimum atomic E-state index is -0.257. The third-order valence-corrected chi connectivity index (χ3v) is 4.32. The van der Waals surface area contributed by atoms with Gasteiger partial charge in [0.25, 0.3) is 0 Å². The summed E-state index contributed by atoms with van der Waals surface area (Å²) in [5.41, 5.74) is 4.88. The number of nitrogens with one attached hydrogen (secondary N) is 1. The van der Waals surface area contributed by atoms with Crippen LogP contribution in [0.1, 0.15) is 22.4 Å². The van der Waals surface area contributed by atoms with Crippen LogP contribution in [-0.2, 0) is 19.3 Å². The molecule has 4 nitrogen and oxygen atoms in total. The molecule has 0 amide bonds. The van der Waals surface area contributed by atoms with Gasteiger partial charge in [-0.25, -0.2) is 9.37 Å². The first-order valence-corrected chi connectivity index (χ1v) is 8.23. The smallest absolute Gasteiger partial charge is 0.144 e. The van der Waals surface area contributed by atoms with Crippen molar-refractivity contribution in [2.24, 2.45) is 0 Å². The van der Waals surface area contributed by atoms with E-state index < -0.39 is 0 Å². The van der Waals surface area contributed by atoms with Crippen LogP contribution < -0.4 is 0 Å². The molecular weight excluding hydrogens is 315 g/mol. The summed E-state index contributed by atoms with van der Waals surface area (Å²) in [4.78, 5) is 15.8. The number of aromatic nitrogens is 4. The highest BCUT2D eigenvalue weighted by molar-refractivity contribution is 5.79. The third-order valence-electron chi connectivity index (χ3n) is 4.32. The van der Waals surface area contributed by atoms with E-state index in [1.165, 1.54) is 11.8 Å². The second-order valence-electron chi connectivity index (χ2n) is 6.02. The molecule has 0 atom stereocenters. The number of H-pyrrole nitrogens is 1. The maximum absolute atomic E-state index is 13.6. The normalized spacial score (nSPS) is 11.1. The zero-order valence-corrected chi connectivity index (χ0v) is 13.6. The SMILES string of the molecule is Fc1cnccc1CCc1ccc(Cc2c[nH]c3ncccc23)cn1. The van der Waals surface area contributed by atoms with E-state index >= 15 is 0 Å². The van der Waals surface area contributed by atoms with Crippen LogP contribution in [0.2, 0.25) is 0 Å². The molecule has 0 spiro atoms. The molecule has 0 bridgehead atoms. The van der Waals surface area contributed by atoms with Crippen LogP contribution in [0.3, 0.4) is 0 Å². The lowest BCUT2D eigenvalue weighted by Gasteiger charge is -2.04. The van der Waals surface area contributed by atoms with Crippen molar-refractivity contribution in [1.29, 1.82) is 0 Å². The van der Waals surface area contributed by atoms with E-state index in [4.69, 9.17) is 0 Å². The van der Waals surface area contributed by atoms with Crippen LogP contribution in [0.25, 0.3) is 11.0 Å². The van der Waals surface area contributed by atoms with Gasteiger partial charge in [-0.3, -0.25) is 9.97 Å². The van der Waals surface area contributed by atoms with Crippen molar-refractivity contribution < 1.29 is 4.39 Å². The maximum Gasteiger partial charge on any atom is 0.144 e. The summed E-state index contributed by atoms with van der Waals surface area (Å²) in [5.74, 6) is -0.257. The average molecular weight is 332 g/mol. The van der Waals surface area contributed by atoms with Crippen LogP contribution in [-0.4, -0.2) is 19.9 Å². The Kier molecular flexibility index (Phi) is 4.21. The number of hydrogen-bond acceptors (Lipinski definition) is 3. The fourth-order valence-corrected chi connectivity index (χ4v) is 2.96. The minimum absolute atomic E-state index is 0.257. The maximum atomic E-state index is 13.6. The highest BCUT2D eigenvalue weighted by Gasteiger charge is 2.06. The molecule has 0 aromatic carbocycles. The van der Waals surface area contributed by atoms with Crippen molar-refractivity contribution in [2.75, 3.05) is 0 Å². The zero-order chi connectivity index (χ0) is 17.1. The Hall–Kier alpha value is -3.08. The number of aromatic amines is 1. The summed E-state index contributed by atoms with van der Waals surface area (Å²) in [6.45, 7) is 0. The summed E-state index contributed by atoms with van der Waals surface area (Å²) in [5, 5.41) is 1.14. The molecule has 0 fully saturated rings. The van der Waals surface area contributed by atoms with E-state index in [2.05, 4.69) is 32.1 Å². The average Bonchev–Trinajstić information content (AvgIpc) is 3.05. The van der Waals surface area contributed by atoms with Crippen molar-refractivity contribution in [3.05, 3.63) is 89.5 Å². The summed E-state index contributed by atoms with van der Waals surface area (Å²) >= 11 is 0. The van der Waals surface area contributed by atoms with E-state index in [0.717, 1.165) is 28.7 Å². The van der Waals surface area contributed by atoms with Gasteiger partial charge in [0.05, 0.1) is 6.20 Å². The number of aryl methyl sites for hydroxylation is 2. The van der Waals surface area contributed by atoms with Crippen LogP contribution >= 0.6 is 0 Å². The van der Waals surface area contributed by atoms with Gasteiger partial charge in [-0.1, -0.05) is 6.07 Å². The van der Waals surface area contributed by atoms with Gasteiger partial charge in [0.2, 0.25) is 0 Å². The van der Waals surface area contributed by atoms with Crippen LogP contribution in [0.5, 0.6) is 0 Å². The minimum Gasteiger partial charge on any atom is -0.346 e. The molecule has 5 heteroatoms. The standard InChI is InChI=1S/C20H17FN4/c21-19-13-22-9-7-15(19)4-6-17-5-3-14(11-24-17)10-16-12-25-20-18(16)2-1-8-23-20/h1-3,5,7-9,11-13H,4,6,10H2,(H,23,25). The molecule has 4 heterocycles. The molecule has 4 rings (SSSR count). The van der Waals surface area contributed by atoms with Gasteiger partial charge in [0, 0.05) is 42.3 Å². The Labute approximate surface area is 144 Å². The molecule has 0 aliphatic rings. The largest absolute Gasteiger partial charge is 0.346 e. The van der Waals surface area contributed by atoms with Crippen molar-refractivity contribution in [3.63, 3.8) is 0 Å². The van der Waals surface area contributed by atoms with Crippen molar-refractivity contribution in [2.45, 2.75) is 19.3 Å². The Bertz CT molecular complexity index is 992. The highest BCUT2D eigenvalue weighted by Crippen LogP contribution is 2.19.